The molecule has 0 nitrogen and oxygen atoms in total. The van der Waals surface area contributed by atoms with Crippen LogP contribution >= 0.6 is 22.2 Å². The zero-order valence-corrected chi connectivity index (χ0v) is 12.2. The Hall–Kier alpha value is 0.0169. The van der Waals surface area contributed by atoms with Crippen LogP contribution < -0.4 is 0 Å². The second-order valence-corrected chi connectivity index (χ2v) is 9.43. The lowest BCUT2D eigenvalue weighted by molar-refractivity contribution is 0.842. The largest absolute Gasteiger partial charge is 0.237 e. The van der Waals surface area contributed by atoms with Gasteiger partial charge in [-0.05, 0) is 29.0 Å². The summed E-state index contributed by atoms with van der Waals surface area (Å²) in [6.07, 6.45) is 0. The molecular weight excluding hydrogens is 243 g/mol. The molecule has 0 aliphatic carbocycles. The summed E-state index contributed by atoms with van der Waals surface area (Å²) in [6, 6.07) is 9.75. The van der Waals surface area contributed by atoms with Crippen molar-refractivity contribution in [2.24, 2.45) is 0 Å². The molecule has 0 aliphatic heterocycles. The molecule has 1 atom stereocenters. The Balaban J connectivity index is 2.71. The van der Waals surface area contributed by atoms with Crippen molar-refractivity contribution in [3.8, 4) is 0 Å². The lowest BCUT2D eigenvalue weighted by Crippen LogP contribution is -2.01. The van der Waals surface area contributed by atoms with Crippen molar-refractivity contribution in [2.75, 3.05) is 0 Å². The van der Waals surface area contributed by atoms with Gasteiger partial charge >= 0.3 is 0 Å². The summed E-state index contributed by atoms with van der Waals surface area (Å²) in [6.45, 7) is 6.60. The molecule has 84 valence electrons. The molecule has 0 heterocycles. The van der Waals surface area contributed by atoms with Crippen LogP contribution in [-0.4, -0.2) is 7.42 Å². The Morgan fingerprint density at radius 2 is 1.47 bits per heavy atom. The minimum Gasteiger partial charge on any atom is -0.150 e. The smallest absolute Gasteiger partial charge is 0.150 e. The summed E-state index contributed by atoms with van der Waals surface area (Å²) in [5.41, 5.74) is 2.73. The van der Waals surface area contributed by atoms with Gasteiger partial charge in [0, 0.05) is 0 Å². The highest BCUT2D eigenvalue weighted by atomic mass is 35.7. The van der Waals surface area contributed by atoms with Gasteiger partial charge in [0.15, 0.2) is 0 Å². The fraction of sp³-hybridized carbons (Fsp3) is 0.500. The Bertz CT molecular complexity index is 293. The van der Waals surface area contributed by atoms with Crippen LogP contribution in [0.5, 0.6) is 0 Å². The maximum Gasteiger partial charge on any atom is 0.237 e. The minimum atomic E-state index is -1.49. The molecule has 0 saturated carbocycles. The molecule has 0 N–H and O–H groups in total. The predicted octanol–water partition coefficient (Wildman–Crippen LogP) is 4.61. The van der Waals surface area contributed by atoms with Gasteiger partial charge in [0.1, 0.15) is 0 Å². The van der Waals surface area contributed by atoms with Gasteiger partial charge in [0.05, 0.1) is 0 Å². The monoisotopic (exact) mass is 260 g/mol. The van der Waals surface area contributed by atoms with Gasteiger partial charge in [-0.25, -0.2) is 0 Å². The van der Waals surface area contributed by atoms with Gasteiger partial charge in [-0.2, -0.15) is 22.2 Å². The van der Waals surface area contributed by atoms with Crippen LogP contribution in [0.1, 0.15) is 43.7 Å². The molecule has 3 heteroatoms. The third-order valence-corrected chi connectivity index (χ3v) is 4.84. The molecule has 0 aromatic heterocycles. The third kappa shape index (κ3) is 4.18. The highest BCUT2D eigenvalue weighted by Gasteiger charge is 2.11. The third-order valence-electron chi connectivity index (χ3n) is 2.70. The van der Waals surface area contributed by atoms with Gasteiger partial charge in [0.2, 0.25) is 7.42 Å². The Kier molecular flexibility index (Phi) is 5.17. The second-order valence-electron chi connectivity index (χ2n) is 4.35. The fourth-order valence-corrected chi connectivity index (χ4v) is 4.02. The van der Waals surface area contributed by atoms with Crippen LogP contribution in [-0.2, 0) is 0 Å². The molecule has 1 aromatic carbocycles. The zero-order chi connectivity index (χ0) is 11.4. The quantitative estimate of drug-likeness (QED) is 0.548. The molecule has 0 aliphatic rings. The van der Waals surface area contributed by atoms with E-state index in [0.29, 0.717) is 11.8 Å². The van der Waals surface area contributed by atoms with E-state index < -0.39 is 7.42 Å². The Morgan fingerprint density at radius 1 is 1.00 bits per heavy atom. The molecule has 1 aromatic rings. The first-order valence-corrected chi connectivity index (χ1v) is 9.69. The normalized spacial score (nSPS) is 13.5. The Morgan fingerprint density at radius 3 is 1.87 bits per heavy atom. The molecular formula is C12H18Cl2Si. The molecule has 0 bridgehead atoms. The first-order valence-electron chi connectivity index (χ1n) is 5.38. The fourth-order valence-electron chi connectivity index (χ4n) is 1.61. The van der Waals surface area contributed by atoms with E-state index in [-0.39, 0.29) is 0 Å². The highest BCUT2D eigenvalue weighted by molar-refractivity contribution is 7.33. The Labute approximate surface area is 104 Å². The van der Waals surface area contributed by atoms with Crippen molar-refractivity contribution in [1.82, 2.24) is 0 Å². The van der Waals surface area contributed by atoms with E-state index in [1.54, 1.807) is 0 Å². The SMILES string of the molecule is CC(C)c1ccc(C(C)C[SiH](Cl)Cl)cc1. The highest BCUT2D eigenvalue weighted by Crippen LogP contribution is 2.25. The molecule has 0 fully saturated rings. The van der Waals surface area contributed by atoms with Crippen LogP contribution in [0.3, 0.4) is 0 Å². The first kappa shape index (κ1) is 13.1. The minimum absolute atomic E-state index is 0.484. The number of rotatable bonds is 4. The van der Waals surface area contributed by atoms with Crippen molar-refractivity contribution >= 4 is 29.6 Å². The van der Waals surface area contributed by atoms with E-state index in [4.69, 9.17) is 22.2 Å². The van der Waals surface area contributed by atoms with Gasteiger partial charge in [-0.3, -0.25) is 0 Å². The summed E-state index contributed by atoms with van der Waals surface area (Å²) in [7, 11) is -1.49. The molecule has 0 saturated heterocycles. The average molecular weight is 261 g/mol. The van der Waals surface area contributed by atoms with E-state index in [2.05, 4.69) is 45.0 Å². The average Bonchev–Trinajstić information content (AvgIpc) is 2.17. The van der Waals surface area contributed by atoms with Crippen molar-refractivity contribution in [2.45, 2.75) is 38.7 Å². The van der Waals surface area contributed by atoms with Crippen molar-refractivity contribution in [3.05, 3.63) is 35.4 Å². The molecule has 1 rings (SSSR count). The summed E-state index contributed by atoms with van der Waals surface area (Å²) >= 11 is 11.8. The van der Waals surface area contributed by atoms with Gasteiger partial charge in [0.25, 0.3) is 0 Å². The second kappa shape index (κ2) is 5.93. The van der Waals surface area contributed by atoms with Crippen LogP contribution in [0, 0.1) is 0 Å². The van der Waals surface area contributed by atoms with E-state index >= 15 is 0 Å². The van der Waals surface area contributed by atoms with E-state index in [1.807, 2.05) is 0 Å². The molecule has 0 spiro atoms. The topological polar surface area (TPSA) is 0 Å². The van der Waals surface area contributed by atoms with E-state index in [9.17, 15) is 0 Å². The molecule has 0 amide bonds. The summed E-state index contributed by atoms with van der Waals surface area (Å²) in [5.74, 6) is 1.08. The van der Waals surface area contributed by atoms with Gasteiger partial charge in [-0.15, -0.1) is 0 Å². The maximum atomic E-state index is 5.91. The molecule has 1 unspecified atom stereocenters. The van der Waals surface area contributed by atoms with Crippen LogP contribution in [0.25, 0.3) is 0 Å². The summed E-state index contributed by atoms with van der Waals surface area (Å²) in [5, 5.41) is 0. The first-order chi connectivity index (χ1) is 7.00. The van der Waals surface area contributed by atoms with Crippen LogP contribution in [0.2, 0.25) is 6.04 Å². The summed E-state index contributed by atoms with van der Waals surface area (Å²) in [4.78, 5) is 0. The van der Waals surface area contributed by atoms with Gasteiger partial charge in [-0.1, -0.05) is 45.0 Å². The van der Waals surface area contributed by atoms with Crippen molar-refractivity contribution in [1.29, 1.82) is 0 Å². The van der Waals surface area contributed by atoms with E-state index in [0.717, 1.165) is 6.04 Å². The number of hydrogen-bond donors (Lipinski definition) is 0. The lowest BCUT2D eigenvalue weighted by atomic mass is 9.97. The van der Waals surface area contributed by atoms with Crippen molar-refractivity contribution in [3.63, 3.8) is 0 Å². The lowest BCUT2D eigenvalue weighted by Gasteiger charge is -2.13. The standard InChI is InChI=1S/C12H18Cl2Si/c1-9(2)11-4-6-12(7-5-11)10(3)8-15(13)14/h4-7,9-10,15H,8H2,1-3H3. The van der Waals surface area contributed by atoms with Crippen LogP contribution in [0.4, 0.5) is 0 Å². The molecule has 0 radical (unpaired) electrons. The van der Waals surface area contributed by atoms with E-state index in [1.165, 1.54) is 11.1 Å². The number of benzene rings is 1. The number of halogens is 2. The number of hydrogen-bond acceptors (Lipinski definition) is 0. The summed E-state index contributed by atoms with van der Waals surface area (Å²) < 4.78 is 0. The maximum absolute atomic E-state index is 5.91. The van der Waals surface area contributed by atoms with Crippen LogP contribution in [0.15, 0.2) is 24.3 Å². The molecule has 15 heavy (non-hydrogen) atoms. The van der Waals surface area contributed by atoms with Crippen molar-refractivity contribution < 1.29 is 0 Å². The predicted molar refractivity (Wildman–Crippen MR) is 72.6 cm³/mol. The zero-order valence-electron chi connectivity index (χ0n) is 9.50. The van der Waals surface area contributed by atoms with Gasteiger partial charge < -0.3 is 0 Å².